The lowest BCUT2D eigenvalue weighted by atomic mass is 10.0. The Kier molecular flexibility index (Phi) is 4.19. The lowest BCUT2D eigenvalue weighted by Crippen LogP contribution is -2.33. The van der Waals surface area contributed by atoms with Crippen LogP contribution in [-0.4, -0.2) is 29.3 Å². The standard InChI is InChI=1S/C18H21N3O2/c1-4-5-12(2)16-15-10-11-19-18(22)17(15)21(20-16)13-6-8-14(23-3)9-7-13/h5-9H,4,10-11H2,1-3H3,(H,19,22)/b12-5+. The Labute approximate surface area is 136 Å². The van der Waals surface area contributed by atoms with Gasteiger partial charge in [-0.05, 0) is 49.6 Å². The highest BCUT2D eigenvalue weighted by Crippen LogP contribution is 2.27. The van der Waals surface area contributed by atoms with Crippen molar-refractivity contribution < 1.29 is 9.53 Å². The number of carbonyl (C=O) groups excluding carboxylic acids is 1. The van der Waals surface area contributed by atoms with Crippen molar-refractivity contribution in [1.82, 2.24) is 15.1 Å². The van der Waals surface area contributed by atoms with Gasteiger partial charge in [-0.25, -0.2) is 4.68 Å². The van der Waals surface area contributed by atoms with E-state index in [4.69, 9.17) is 9.84 Å². The number of methoxy groups -OCH3 is 1. The summed E-state index contributed by atoms with van der Waals surface area (Å²) in [5.41, 5.74) is 4.57. The highest BCUT2D eigenvalue weighted by Gasteiger charge is 2.27. The lowest BCUT2D eigenvalue weighted by molar-refractivity contribution is 0.0938. The molecule has 1 aromatic heterocycles. The normalized spacial score (nSPS) is 14.4. The lowest BCUT2D eigenvalue weighted by Gasteiger charge is -2.15. The van der Waals surface area contributed by atoms with E-state index < -0.39 is 0 Å². The summed E-state index contributed by atoms with van der Waals surface area (Å²) < 4.78 is 6.94. The molecule has 3 rings (SSSR count). The van der Waals surface area contributed by atoms with Gasteiger partial charge >= 0.3 is 0 Å². The molecule has 1 N–H and O–H groups in total. The second-order valence-corrected chi connectivity index (χ2v) is 5.59. The Morgan fingerprint density at radius 2 is 2.13 bits per heavy atom. The number of carbonyl (C=O) groups is 1. The van der Waals surface area contributed by atoms with Crippen molar-refractivity contribution in [3.05, 3.63) is 47.3 Å². The van der Waals surface area contributed by atoms with Crippen LogP contribution in [-0.2, 0) is 6.42 Å². The maximum atomic E-state index is 12.4. The van der Waals surface area contributed by atoms with Gasteiger partial charge in [0.25, 0.3) is 5.91 Å². The first kappa shape index (κ1) is 15.3. The van der Waals surface area contributed by atoms with Crippen LogP contribution < -0.4 is 10.1 Å². The Bertz CT molecular complexity index is 757. The molecule has 1 aromatic carbocycles. The molecule has 0 aliphatic carbocycles. The van der Waals surface area contributed by atoms with Crippen LogP contribution in [0.1, 0.15) is 42.0 Å². The fraction of sp³-hybridized carbons (Fsp3) is 0.333. The van der Waals surface area contributed by atoms with Crippen molar-refractivity contribution in [3.8, 4) is 11.4 Å². The van der Waals surface area contributed by atoms with Crippen molar-refractivity contribution in [2.75, 3.05) is 13.7 Å². The largest absolute Gasteiger partial charge is 0.497 e. The van der Waals surface area contributed by atoms with E-state index in [1.165, 1.54) is 0 Å². The summed E-state index contributed by atoms with van der Waals surface area (Å²) >= 11 is 0. The minimum absolute atomic E-state index is 0.0647. The number of allylic oxidation sites excluding steroid dienone is 2. The van der Waals surface area contributed by atoms with Gasteiger partial charge in [-0.1, -0.05) is 13.0 Å². The molecule has 0 fully saturated rings. The predicted octanol–water partition coefficient (Wildman–Crippen LogP) is 2.98. The van der Waals surface area contributed by atoms with Gasteiger partial charge in [0.1, 0.15) is 11.4 Å². The van der Waals surface area contributed by atoms with E-state index in [-0.39, 0.29) is 5.91 Å². The molecule has 5 heteroatoms. The molecule has 0 unspecified atom stereocenters. The number of amides is 1. The highest BCUT2D eigenvalue weighted by molar-refractivity contribution is 5.97. The summed E-state index contributed by atoms with van der Waals surface area (Å²) in [4.78, 5) is 12.4. The summed E-state index contributed by atoms with van der Waals surface area (Å²) in [6.45, 7) is 4.81. The van der Waals surface area contributed by atoms with E-state index in [2.05, 4.69) is 25.2 Å². The molecule has 120 valence electrons. The molecule has 0 bridgehead atoms. The van der Waals surface area contributed by atoms with E-state index in [0.717, 1.165) is 41.1 Å². The number of rotatable bonds is 4. The Morgan fingerprint density at radius 1 is 1.39 bits per heavy atom. The molecular weight excluding hydrogens is 290 g/mol. The van der Waals surface area contributed by atoms with Gasteiger partial charge in [0.2, 0.25) is 0 Å². The number of fused-ring (bicyclic) bond motifs is 1. The molecule has 23 heavy (non-hydrogen) atoms. The smallest absolute Gasteiger partial charge is 0.270 e. The number of benzene rings is 1. The van der Waals surface area contributed by atoms with E-state index >= 15 is 0 Å². The molecule has 0 saturated carbocycles. The van der Waals surface area contributed by atoms with E-state index in [0.29, 0.717) is 12.2 Å². The second kappa shape index (κ2) is 6.28. The molecule has 1 amide bonds. The number of ether oxygens (including phenoxy) is 1. The molecule has 5 nitrogen and oxygen atoms in total. The quantitative estimate of drug-likeness (QED) is 0.944. The van der Waals surface area contributed by atoms with Crippen molar-refractivity contribution in [1.29, 1.82) is 0 Å². The van der Waals surface area contributed by atoms with Gasteiger partial charge in [0.15, 0.2) is 0 Å². The van der Waals surface area contributed by atoms with Crippen molar-refractivity contribution in [2.45, 2.75) is 26.7 Å². The van der Waals surface area contributed by atoms with Crippen LogP contribution in [0.4, 0.5) is 0 Å². The minimum atomic E-state index is -0.0647. The first-order valence-corrected chi connectivity index (χ1v) is 7.87. The molecule has 0 radical (unpaired) electrons. The van der Waals surface area contributed by atoms with Crippen LogP contribution in [0.15, 0.2) is 30.3 Å². The molecule has 2 heterocycles. The third-order valence-corrected chi connectivity index (χ3v) is 4.06. The molecule has 1 aliphatic rings. The van der Waals surface area contributed by atoms with Crippen molar-refractivity contribution in [2.24, 2.45) is 0 Å². The fourth-order valence-electron chi connectivity index (χ4n) is 2.94. The first-order chi connectivity index (χ1) is 11.2. The summed E-state index contributed by atoms with van der Waals surface area (Å²) in [5.74, 6) is 0.714. The maximum Gasteiger partial charge on any atom is 0.270 e. The van der Waals surface area contributed by atoms with Gasteiger partial charge in [0, 0.05) is 12.1 Å². The van der Waals surface area contributed by atoms with Crippen LogP contribution in [0.5, 0.6) is 5.75 Å². The summed E-state index contributed by atoms with van der Waals surface area (Å²) in [6, 6.07) is 7.57. The number of hydrogen-bond donors (Lipinski definition) is 1. The summed E-state index contributed by atoms with van der Waals surface area (Å²) in [6.07, 6.45) is 3.90. The Balaban J connectivity index is 2.16. The summed E-state index contributed by atoms with van der Waals surface area (Å²) in [7, 11) is 1.63. The predicted molar refractivity (Wildman–Crippen MR) is 90.1 cm³/mol. The second-order valence-electron chi connectivity index (χ2n) is 5.59. The SMILES string of the molecule is CC/C=C(\C)c1nn(-c2ccc(OC)cc2)c2c1CCNC2=O. The first-order valence-electron chi connectivity index (χ1n) is 7.87. The minimum Gasteiger partial charge on any atom is -0.497 e. The molecule has 0 spiro atoms. The van der Waals surface area contributed by atoms with Crippen LogP contribution in [0.3, 0.4) is 0 Å². The van der Waals surface area contributed by atoms with Crippen LogP contribution in [0.25, 0.3) is 11.3 Å². The van der Waals surface area contributed by atoms with Gasteiger partial charge in [-0.15, -0.1) is 0 Å². The van der Waals surface area contributed by atoms with Gasteiger partial charge in [-0.3, -0.25) is 4.79 Å². The number of hydrogen-bond acceptors (Lipinski definition) is 3. The van der Waals surface area contributed by atoms with E-state index in [1.54, 1.807) is 11.8 Å². The van der Waals surface area contributed by atoms with Crippen molar-refractivity contribution in [3.63, 3.8) is 0 Å². The molecular formula is C18H21N3O2. The highest BCUT2D eigenvalue weighted by atomic mass is 16.5. The average molecular weight is 311 g/mol. The molecule has 1 aliphatic heterocycles. The third kappa shape index (κ3) is 2.74. The molecule has 2 aromatic rings. The van der Waals surface area contributed by atoms with E-state index in [9.17, 15) is 4.79 Å². The number of aromatic nitrogens is 2. The summed E-state index contributed by atoms with van der Waals surface area (Å²) in [5, 5.41) is 7.64. The Morgan fingerprint density at radius 3 is 2.78 bits per heavy atom. The average Bonchev–Trinajstić information content (AvgIpc) is 2.96. The van der Waals surface area contributed by atoms with Crippen LogP contribution in [0.2, 0.25) is 0 Å². The van der Waals surface area contributed by atoms with Gasteiger partial charge in [-0.2, -0.15) is 5.10 Å². The zero-order valence-electron chi connectivity index (χ0n) is 13.7. The van der Waals surface area contributed by atoms with Crippen molar-refractivity contribution >= 4 is 11.5 Å². The van der Waals surface area contributed by atoms with Gasteiger partial charge in [0.05, 0.1) is 18.5 Å². The monoisotopic (exact) mass is 311 g/mol. The zero-order chi connectivity index (χ0) is 16.4. The third-order valence-electron chi connectivity index (χ3n) is 4.06. The fourth-order valence-corrected chi connectivity index (χ4v) is 2.94. The van der Waals surface area contributed by atoms with Crippen LogP contribution in [0, 0.1) is 0 Å². The van der Waals surface area contributed by atoms with E-state index in [1.807, 2.05) is 24.3 Å². The Hall–Kier alpha value is -2.56. The maximum absolute atomic E-state index is 12.4. The van der Waals surface area contributed by atoms with Gasteiger partial charge < -0.3 is 10.1 Å². The topological polar surface area (TPSA) is 56.1 Å². The number of nitrogens with zero attached hydrogens (tertiary/aromatic N) is 2. The zero-order valence-corrected chi connectivity index (χ0v) is 13.7. The number of nitrogens with one attached hydrogen (secondary N) is 1. The van der Waals surface area contributed by atoms with Crippen LogP contribution >= 0.6 is 0 Å². The molecule has 0 saturated heterocycles. The molecule has 0 atom stereocenters.